The van der Waals surface area contributed by atoms with E-state index in [1.807, 2.05) is 6.92 Å². The maximum absolute atomic E-state index is 12.6. The van der Waals surface area contributed by atoms with E-state index in [2.05, 4.69) is 0 Å². The molecule has 3 aliphatic rings. The number of ketones is 1. The van der Waals surface area contributed by atoms with E-state index in [0.717, 1.165) is 22.3 Å². The zero-order valence-corrected chi connectivity index (χ0v) is 11.5. The predicted molar refractivity (Wildman–Crippen MR) is 78.4 cm³/mol. The molecule has 0 aliphatic heterocycles. The first-order chi connectivity index (χ1) is 11.2. The van der Waals surface area contributed by atoms with Crippen molar-refractivity contribution in [1.29, 1.82) is 0 Å². The van der Waals surface area contributed by atoms with Crippen LogP contribution in [0.15, 0.2) is 23.7 Å². The van der Waals surface area contributed by atoms with E-state index < -0.39 is 11.8 Å². The van der Waals surface area contributed by atoms with Crippen LogP contribution in [0.4, 0.5) is 0 Å². The van der Waals surface area contributed by atoms with Gasteiger partial charge in [0.1, 0.15) is 11.5 Å². The van der Waals surface area contributed by atoms with Gasteiger partial charge in [-0.05, 0) is 66.8 Å². The Morgan fingerprint density at radius 1 is 1.45 bits per heavy atom. The van der Waals surface area contributed by atoms with Gasteiger partial charge in [-0.3, -0.25) is 4.79 Å². The fourth-order valence-corrected chi connectivity index (χ4v) is 4.16. The van der Waals surface area contributed by atoms with Gasteiger partial charge in [0, 0.05) is 14.5 Å². The number of hydrogen-bond acceptors (Lipinski definition) is 2. The second kappa shape index (κ2) is 3.97. The molecule has 2 heteroatoms. The van der Waals surface area contributed by atoms with E-state index in [1.165, 1.54) is 0 Å². The van der Waals surface area contributed by atoms with Crippen molar-refractivity contribution in [2.24, 2.45) is 11.3 Å². The minimum Gasteiger partial charge on any atom is -0.508 e. The summed E-state index contributed by atoms with van der Waals surface area (Å²) in [6.07, 6.45) is 1.05. The Labute approximate surface area is 125 Å². The maximum Gasteiger partial charge on any atom is 0.139 e. The molecular weight excluding hydrogens is 248 g/mol. The molecule has 4 rings (SSSR count). The third-order valence-corrected chi connectivity index (χ3v) is 5.37. The molecule has 0 aromatic heterocycles. The van der Waals surface area contributed by atoms with Gasteiger partial charge in [0.15, 0.2) is 0 Å². The van der Waals surface area contributed by atoms with Crippen molar-refractivity contribution >= 4 is 11.4 Å². The number of fused-ring (bicyclic) bond motifs is 4. The van der Waals surface area contributed by atoms with Gasteiger partial charge in [-0.2, -0.15) is 0 Å². The summed E-state index contributed by atoms with van der Waals surface area (Å²) in [6, 6.07) is 1.62. The molecule has 0 heterocycles. The second-order valence-electron chi connectivity index (χ2n) is 6.34. The number of phenols is 1. The molecule has 104 valence electrons. The summed E-state index contributed by atoms with van der Waals surface area (Å²) in [7, 11) is 0. The van der Waals surface area contributed by atoms with Crippen LogP contribution in [-0.4, -0.2) is 10.9 Å². The van der Waals surface area contributed by atoms with E-state index in [1.54, 1.807) is 6.07 Å². The lowest BCUT2D eigenvalue weighted by molar-refractivity contribution is -0.126. The molecule has 20 heavy (non-hydrogen) atoms. The number of carbonyl (C=O) groups is 1. The summed E-state index contributed by atoms with van der Waals surface area (Å²) in [5, 5.41) is 9.87. The average Bonchev–Trinajstić information content (AvgIpc) is 2.72. The van der Waals surface area contributed by atoms with Crippen molar-refractivity contribution in [3.05, 3.63) is 34.9 Å². The molecule has 1 aromatic rings. The maximum atomic E-state index is 12.6. The molecule has 1 aromatic carbocycles. The largest absolute Gasteiger partial charge is 0.508 e. The van der Waals surface area contributed by atoms with Gasteiger partial charge >= 0.3 is 0 Å². The highest BCUT2D eigenvalue weighted by Crippen LogP contribution is 2.56. The van der Waals surface area contributed by atoms with Gasteiger partial charge in [-0.15, -0.1) is 0 Å². The smallest absolute Gasteiger partial charge is 0.139 e. The summed E-state index contributed by atoms with van der Waals surface area (Å²) < 4.78 is 32.1. The molecule has 2 nitrogen and oxygen atoms in total. The highest BCUT2D eigenvalue weighted by atomic mass is 16.3. The molecule has 0 bridgehead atoms. The van der Waals surface area contributed by atoms with Crippen molar-refractivity contribution in [2.45, 2.75) is 45.4 Å². The van der Waals surface area contributed by atoms with Crippen LogP contribution < -0.4 is 0 Å². The van der Waals surface area contributed by atoms with Crippen LogP contribution in [0.25, 0.3) is 5.57 Å². The second-order valence-corrected chi connectivity index (χ2v) is 6.34. The van der Waals surface area contributed by atoms with Crippen molar-refractivity contribution in [2.75, 3.05) is 0 Å². The molecule has 2 atom stereocenters. The van der Waals surface area contributed by atoms with Crippen molar-refractivity contribution in [3.63, 3.8) is 0 Å². The number of allylic oxidation sites excluding steroid dienone is 2. The van der Waals surface area contributed by atoms with E-state index >= 15 is 0 Å². The van der Waals surface area contributed by atoms with Crippen LogP contribution in [0.3, 0.4) is 0 Å². The number of carbonyl (C=O) groups excluding carboxylic acids is 1. The molecule has 0 saturated heterocycles. The van der Waals surface area contributed by atoms with Gasteiger partial charge < -0.3 is 5.11 Å². The Hall–Kier alpha value is -1.57. The highest BCUT2D eigenvalue weighted by Gasteiger charge is 2.50. The third kappa shape index (κ3) is 1.48. The molecule has 3 aliphatic carbocycles. The van der Waals surface area contributed by atoms with Crippen LogP contribution in [0, 0.1) is 11.3 Å². The molecule has 1 saturated carbocycles. The van der Waals surface area contributed by atoms with Gasteiger partial charge in [-0.1, -0.05) is 18.6 Å². The number of benzene rings is 1. The van der Waals surface area contributed by atoms with Gasteiger partial charge in [0.05, 0.1) is 2.74 Å². The zero-order valence-electron chi connectivity index (χ0n) is 15.5. The van der Waals surface area contributed by atoms with Gasteiger partial charge in [0.2, 0.25) is 0 Å². The summed E-state index contributed by atoms with van der Waals surface area (Å²) >= 11 is 0. The van der Waals surface area contributed by atoms with Crippen LogP contribution in [0.2, 0.25) is 0 Å². The average molecular weight is 272 g/mol. The Balaban J connectivity index is 1.89. The lowest BCUT2D eigenvalue weighted by Crippen LogP contribution is -2.34. The quantitative estimate of drug-likeness (QED) is 0.778. The summed E-state index contributed by atoms with van der Waals surface area (Å²) in [6.45, 7) is 1.90. The van der Waals surface area contributed by atoms with E-state index in [9.17, 15) is 9.90 Å². The first-order valence-electron chi connectivity index (χ1n) is 9.26. The van der Waals surface area contributed by atoms with Gasteiger partial charge in [0.25, 0.3) is 0 Å². The summed E-state index contributed by atoms with van der Waals surface area (Å²) in [5.41, 5.74) is 3.20. The number of aromatic hydroxyl groups is 1. The predicted octanol–water partition coefficient (Wildman–Crippen LogP) is 3.87. The number of Topliss-reactive ketones (excluding diaryl/α,β-unsaturated/α-hetero) is 1. The fourth-order valence-electron chi connectivity index (χ4n) is 4.16. The van der Waals surface area contributed by atoms with Crippen molar-refractivity contribution in [1.82, 2.24) is 0 Å². The standard InChI is InChI=1S/C18H20O2/c1-18-9-8-14-13-5-3-12(19)10-11(13)2-4-15(14)16(18)6-7-17(18)20/h3,5,10,16,19H,2,4,6-9H2,1H3/t16-,18-/m0/s1/i3D,7D2,10D. The molecule has 1 N–H and O–H groups in total. The Morgan fingerprint density at radius 3 is 3.15 bits per heavy atom. The van der Waals surface area contributed by atoms with Crippen LogP contribution in [0.5, 0.6) is 5.75 Å². The van der Waals surface area contributed by atoms with Gasteiger partial charge in [-0.25, -0.2) is 0 Å². The number of phenolic OH excluding ortho intramolecular Hbond substituents is 1. The molecule has 0 amide bonds. The highest BCUT2D eigenvalue weighted by molar-refractivity contribution is 5.90. The Morgan fingerprint density at radius 2 is 2.30 bits per heavy atom. The number of hydrogen-bond donors (Lipinski definition) is 1. The van der Waals surface area contributed by atoms with Crippen LogP contribution >= 0.6 is 0 Å². The van der Waals surface area contributed by atoms with E-state index in [-0.39, 0.29) is 36.0 Å². The first-order valence-corrected chi connectivity index (χ1v) is 7.26. The lowest BCUT2D eigenvalue weighted by atomic mass is 9.63. The minimum atomic E-state index is -1.77. The molecule has 0 unspecified atom stereocenters. The molecule has 0 spiro atoms. The molecule has 1 fully saturated rings. The Kier molecular flexibility index (Phi) is 1.72. The zero-order chi connectivity index (χ0) is 17.4. The minimum absolute atomic E-state index is 0.0372. The van der Waals surface area contributed by atoms with Crippen LogP contribution in [-0.2, 0) is 11.2 Å². The number of rotatable bonds is 0. The topological polar surface area (TPSA) is 37.3 Å². The van der Waals surface area contributed by atoms with Crippen molar-refractivity contribution < 1.29 is 15.4 Å². The normalized spacial score (nSPS) is 37.2. The van der Waals surface area contributed by atoms with Crippen LogP contribution in [0.1, 0.15) is 55.6 Å². The Bertz CT molecular complexity index is 812. The van der Waals surface area contributed by atoms with E-state index in [0.29, 0.717) is 25.7 Å². The summed E-state index contributed by atoms with van der Waals surface area (Å²) in [5.74, 6) is -0.634. The SMILES string of the molecule is [2H]c1cc2c(c([2H])c1O)CCC1=C2CC[C@]2(C)C(=O)C([2H])([2H])C[C@@H]12. The van der Waals surface area contributed by atoms with Crippen molar-refractivity contribution in [3.8, 4) is 5.75 Å². The molecule has 0 radical (unpaired) electrons. The van der Waals surface area contributed by atoms with E-state index in [4.69, 9.17) is 5.48 Å². The monoisotopic (exact) mass is 272 g/mol. The molecular formula is C18H20O2. The first kappa shape index (κ1) is 8.66. The lowest BCUT2D eigenvalue weighted by Gasteiger charge is -2.40. The third-order valence-electron chi connectivity index (χ3n) is 5.37. The fraction of sp³-hybridized carbons (Fsp3) is 0.500. The summed E-state index contributed by atoms with van der Waals surface area (Å²) in [4.78, 5) is 12.6.